The zero-order chi connectivity index (χ0) is 20.5. The Balaban J connectivity index is 2.02. The van der Waals surface area contributed by atoms with Gasteiger partial charge in [-0.1, -0.05) is 6.07 Å². The molecule has 0 aliphatic rings. The van der Waals surface area contributed by atoms with Gasteiger partial charge in [0.1, 0.15) is 0 Å². The molecule has 9 nitrogen and oxygen atoms in total. The summed E-state index contributed by atoms with van der Waals surface area (Å²) >= 11 is 0. The molecule has 0 unspecified atom stereocenters. The Morgan fingerprint density at radius 2 is 1.57 bits per heavy atom. The second-order valence-corrected chi connectivity index (χ2v) is 5.31. The first-order chi connectivity index (χ1) is 13.5. The zero-order valence-electron chi connectivity index (χ0n) is 15.9. The van der Waals surface area contributed by atoms with Crippen LogP contribution in [0.3, 0.4) is 0 Å². The van der Waals surface area contributed by atoms with Crippen molar-refractivity contribution < 1.29 is 28.5 Å². The third kappa shape index (κ3) is 4.91. The number of methoxy groups -OCH3 is 4. The number of nitrogens with zero attached hydrogens (tertiary/aromatic N) is 1. The van der Waals surface area contributed by atoms with Crippen LogP contribution in [-0.4, -0.2) is 46.5 Å². The third-order valence-electron chi connectivity index (χ3n) is 3.65. The monoisotopic (exact) mass is 387 g/mol. The summed E-state index contributed by atoms with van der Waals surface area (Å²) in [6, 6.07) is 9.92. The van der Waals surface area contributed by atoms with Crippen molar-refractivity contribution in [3.05, 3.63) is 42.0 Å². The molecule has 0 aromatic heterocycles. The largest absolute Gasteiger partial charge is 0.493 e. The van der Waals surface area contributed by atoms with E-state index < -0.39 is 11.8 Å². The summed E-state index contributed by atoms with van der Waals surface area (Å²) in [7, 11) is 5.97. The van der Waals surface area contributed by atoms with Gasteiger partial charge in [-0.25, -0.2) is 5.43 Å². The number of anilines is 1. The highest BCUT2D eigenvalue weighted by Crippen LogP contribution is 2.30. The summed E-state index contributed by atoms with van der Waals surface area (Å²) in [6.45, 7) is 0. The zero-order valence-corrected chi connectivity index (χ0v) is 15.9. The third-order valence-corrected chi connectivity index (χ3v) is 3.65. The van der Waals surface area contributed by atoms with Gasteiger partial charge in [0.05, 0.1) is 34.7 Å². The quantitative estimate of drug-likeness (QED) is 0.426. The van der Waals surface area contributed by atoms with Gasteiger partial charge in [0.25, 0.3) is 0 Å². The van der Waals surface area contributed by atoms with Gasteiger partial charge in [0.15, 0.2) is 23.0 Å². The summed E-state index contributed by atoms with van der Waals surface area (Å²) in [6.07, 6.45) is 1.35. The van der Waals surface area contributed by atoms with Gasteiger partial charge in [-0.15, -0.1) is 0 Å². The number of rotatable bonds is 7. The number of hydrazone groups is 1. The van der Waals surface area contributed by atoms with Gasteiger partial charge in [0.2, 0.25) is 0 Å². The highest BCUT2D eigenvalue weighted by Gasteiger charge is 2.14. The lowest BCUT2D eigenvalue weighted by molar-refractivity contribution is -0.136. The molecule has 0 radical (unpaired) electrons. The molecule has 2 N–H and O–H groups in total. The van der Waals surface area contributed by atoms with Gasteiger partial charge >= 0.3 is 11.8 Å². The Labute approximate surface area is 162 Å². The fourth-order valence-corrected chi connectivity index (χ4v) is 2.33. The van der Waals surface area contributed by atoms with E-state index in [9.17, 15) is 9.59 Å². The van der Waals surface area contributed by atoms with E-state index in [0.29, 0.717) is 34.2 Å². The van der Waals surface area contributed by atoms with Crippen molar-refractivity contribution in [3.63, 3.8) is 0 Å². The van der Waals surface area contributed by atoms with Crippen molar-refractivity contribution in [2.45, 2.75) is 0 Å². The van der Waals surface area contributed by atoms with E-state index in [1.54, 1.807) is 30.3 Å². The molecule has 0 saturated heterocycles. The number of para-hydroxylation sites is 1. The fourth-order valence-electron chi connectivity index (χ4n) is 2.33. The van der Waals surface area contributed by atoms with E-state index in [1.807, 2.05) is 0 Å². The molecule has 0 fully saturated rings. The molecule has 2 aromatic rings. The molecule has 9 heteroatoms. The molecule has 0 heterocycles. The van der Waals surface area contributed by atoms with Gasteiger partial charge in [-0.05, 0) is 24.3 Å². The molecule has 148 valence electrons. The number of carbonyl (C=O) groups excluding carboxylic acids is 2. The molecule has 0 bridgehead atoms. The Bertz CT molecular complexity index is 882. The Kier molecular flexibility index (Phi) is 7.21. The molecular formula is C19H21N3O6. The molecule has 0 atom stereocenters. The normalized spacial score (nSPS) is 10.3. The number of nitrogens with one attached hydrogen (secondary N) is 2. The van der Waals surface area contributed by atoms with Gasteiger partial charge in [-0.2, -0.15) is 5.10 Å². The minimum absolute atomic E-state index is 0.372. The summed E-state index contributed by atoms with van der Waals surface area (Å²) in [5.41, 5.74) is 3.10. The first kappa shape index (κ1) is 20.6. The Morgan fingerprint density at radius 1 is 0.857 bits per heavy atom. The van der Waals surface area contributed by atoms with Crippen LogP contribution in [0, 0.1) is 0 Å². The van der Waals surface area contributed by atoms with Crippen molar-refractivity contribution in [1.29, 1.82) is 0 Å². The van der Waals surface area contributed by atoms with E-state index in [1.165, 1.54) is 40.7 Å². The highest BCUT2D eigenvalue weighted by molar-refractivity contribution is 6.39. The molecule has 2 rings (SSSR count). The number of ether oxygens (including phenoxy) is 4. The number of hydrogen-bond donors (Lipinski definition) is 2. The van der Waals surface area contributed by atoms with E-state index >= 15 is 0 Å². The number of carbonyl (C=O) groups is 2. The average Bonchev–Trinajstić information content (AvgIpc) is 2.73. The van der Waals surface area contributed by atoms with Gasteiger partial charge < -0.3 is 24.3 Å². The maximum absolute atomic E-state index is 12.0. The van der Waals surface area contributed by atoms with E-state index in [4.69, 9.17) is 18.9 Å². The van der Waals surface area contributed by atoms with Crippen LogP contribution >= 0.6 is 0 Å². The maximum Gasteiger partial charge on any atom is 0.329 e. The Morgan fingerprint density at radius 3 is 2.21 bits per heavy atom. The van der Waals surface area contributed by atoms with Crippen molar-refractivity contribution in [3.8, 4) is 23.0 Å². The average molecular weight is 387 g/mol. The van der Waals surface area contributed by atoms with Crippen molar-refractivity contribution in [2.75, 3.05) is 33.8 Å². The minimum Gasteiger partial charge on any atom is -0.493 e. The number of hydrogen-bond acceptors (Lipinski definition) is 7. The van der Waals surface area contributed by atoms with Crippen LogP contribution in [0.4, 0.5) is 5.69 Å². The fraction of sp³-hybridized carbons (Fsp3) is 0.211. The minimum atomic E-state index is -0.937. The van der Waals surface area contributed by atoms with Crippen molar-refractivity contribution in [2.24, 2.45) is 5.10 Å². The molecule has 28 heavy (non-hydrogen) atoms. The lowest BCUT2D eigenvalue weighted by atomic mass is 10.2. The van der Waals surface area contributed by atoms with Crippen LogP contribution in [0.25, 0.3) is 0 Å². The molecule has 0 spiro atoms. The second-order valence-electron chi connectivity index (χ2n) is 5.31. The lowest BCUT2D eigenvalue weighted by Crippen LogP contribution is -2.32. The number of benzene rings is 2. The predicted octanol–water partition coefficient (Wildman–Crippen LogP) is 1.81. The van der Waals surface area contributed by atoms with E-state index in [-0.39, 0.29) is 0 Å². The molecular weight excluding hydrogens is 366 g/mol. The second kappa shape index (κ2) is 9.81. The highest BCUT2D eigenvalue weighted by atomic mass is 16.5. The first-order valence-corrected chi connectivity index (χ1v) is 8.11. The van der Waals surface area contributed by atoms with Crippen LogP contribution in [0.5, 0.6) is 23.0 Å². The Hall–Kier alpha value is -3.75. The lowest BCUT2D eigenvalue weighted by Gasteiger charge is -2.10. The topological polar surface area (TPSA) is 107 Å². The van der Waals surface area contributed by atoms with Crippen LogP contribution in [0.15, 0.2) is 41.5 Å². The van der Waals surface area contributed by atoms with Crippen molar-refractivity contribution >= 4 is 23.7 Å². The maximum atomic E-state index is 12.0. The first-order valence-electron chi connectivity index (χ1n) is 8.11. The van der Waals surface area contributed by atoms with Crippen LogP contribution in [0.1, 0.15) is 5.56 Å². The summed E-state index contributed by atoms with van der Waals surface area (Å²) < 4.78 is 20.7. The van der Waals surface area contributed by atoms with Gasteiger partial charge in [0, 0.05) is 17.3 Å². The SMILES string of the molecule is COc1ccc(NC(=O)C(=O)N/N=C\c2cccc(OC)c2OC)cc1OC. The molecule has 2 aromatic carbocycles. The summed E-state index contributed by atoms with van der Waals surface area (Å²) in [4.78, 5) is 24.0. The van der Waals surface area contributed by atoms with E-state index in [2.05, 4.69) is 15.8 Å². The van der Waals surface area contributed by atoms with Gasteiger partial charge in [-0.3, -0.25) is 9.59 Å². The molecule has 0 saturated carbocycles. The predicted molar refractivity (Wildman–Crippen MR) is 103 cm³/mol. The van der Waals surface area contributed by atoms with Crippen LogP contribution in [-0.2, 0) is 9.59 Å². The van der Waals surface area contributed by atoms with Crippen LogP contribution < -0.4 is 29.7 Å². The summed E-state index contributed by atoms with van der Waals surface area (Å²) in [5.74, 6) is 0.0715. The molecule has 0 aliphatic heterocycles. The standard InChI is InChI=1S/C19H21N3O6/c1-25-14-9-8-13(10-16(14)27-3)21-18(23)19(24)22-20-11-12-6-5-7-15(26-2)17(12)28-4/h5-11H,1-4H3,(H,21,23)(H,22,24)/b20-11-. The summed E-state index contributed by atoms with van der Waals surface area (Å²) in [5, 5.41) is 6.24. The van der Waals surface area contributed by atoms with Crippen molar-refractivity contribution in [1.82, 2.24) is 5.43 Å². The smallest absolute Gasteiger partial charge is 0.329 e. The molecule has 2 amide bonds. The number of amides is 2. The molecule has 0 aliphatic carbocycles. The van der Waals surface area contributed by atoms with Crippen LogP contribution in [0.2, 0.25) is 0 Å². The van der Waals surface area contributed by atoms with E-state index in [0.717, 1.165) is 0 Å².